The Balaban J connectivity index is 2.37. The Hall–Kier alpha value is -1.56. The molecule has 17 heavy (non-hydrogen) atoms. The lowest BCUT2D eigenvalue weighted by atomic mass is 10.1. The highest BCUT2D eigenvalue weighted by Crippen LogP contribution is 2.28. The Morgan fingerprint density at radius 3 is 3.12 bits per heavy atom. The maximum absolute atomic E-state index is 11.7. The number of nitrogen functional groups attached to an aromatic ring is 1. The zero-order valence-corrected chi connectivity index (χ0v) is 10.2. The van der Waals surface area contributed by atoms with E-state index in [4.69, 9.17) is 17.3 Å². The minimum atomic E-state index is -0.253. The van der Waals surface area contributed by atoms with Gasteiger partial charge in [0.05, 0.1) is 0 Å². The summed E-state index contributed by atoms with van der Waals surface area (Å²) in [6.45, 7) is 3.19. The van der Waals surface area contributed by atoms with E-state index in [9.17, 15) is 4.79 Å². The number of nitrogens with one attached hydrogen (secondary N) is 1. The van der Waals surface area contributed by atoms with Gasteiger partial charge in [-0.05, 0) is 6.42 Å². The van der Waals surface area contributed by atoms with Gasteiger partial charge in [0.25, 0.3) is 0 Å². The van der Waals surface area contributed by atoms with E-state index in [0.29, 0.717) is 31.0 Å². The predicted molar refractivity (Wildman–Crippen MR) is 65.9 cm³/mol. The number of aromatic nitrogens is 2. The molecule has 0 aromatic carbocycles. The van der Waals surface area contributed by atoms with Crippen molar-refractivity contribution in [1.82, 2.24) is 15.3 Å². The van der Waals surface area contributed by atoms with Crippen LogP contribution < -0.4 is 16.0 Å². The summed E-state index contributed by atoms with van der Waals surface area (Å²) in [5, 5.41) is 3.04. The summed E-state index contributed by atoms with van der Waals surface area (Å²) in [6.07, 6.45) is 2.04. The van der Waals surface area contributed by atoms with Crippen LogP contribution in [0.1, 0.15) is 13.3 Å². The number of hydrogen-bond acceptors (Lipinski definition) is 5. The molecule has 2 heterocycles. The molecule has 1 atom stereocenters. The zero-order chi connectivity index (χ0) is 12.4. The van der Waals surface area contributed by atoms with Crippen LogP contribution >= 0.6 is 11.6 Å². The standard InChI is InChI=1S/C10H14ClN5O/c1-2-6-10(17)13-3-4-16(6)9-7(12)8(11)14-5-15-9/h5-6H,2-4,12H2,1H3,(H,13,17). The maximum atomic E-state index is 11.7. The average Bonchev–Trinajstić information content (AvgIpc) is 2.32. The first kappa shape index (κ1) is 11.9. The summed E-state index contributed by atoms with van der Waals surface area (Å²) in [6, 6.07) is -0.253. The molecule has 1 aromatic heterocycles. The van der Waals surface area contributed by atoms with Crippen LogP contribution in [-0.4, -0.2) is 35.0 Å². The highest BCUT2D eigenvalue weighted by molar-refractivity contribution is 6.32. The summed E-state index contributed by atoms with van der Waals surface area (Å²) in [7, 11) is 0. The van der Waals surface area contributed by atoms with Crippen LogP contribution in [0.3, 0.4) is 0 Å². The smallest absolute Gasteiger partial charge is 0.242 e. The fourth-order valence-electron chi connectivity index (χ4n) is 1.97. The Morgan fingerprint density at radius 2 is 2.41 bits per heavy atom. The average molecular weight is 256 g/mol. The Kier molecular flexibility index (Phi) is 3.33. The Bertz CT molecular complexity index is 439. The van der Waals surface area contributed by atoms with Gasteiger partial charge in [0, 0.05) is 13.1 Å². The third kappa shape index (κ3) is 2.12. The first-order valence-corrected chi connectivity index (χ1v) is 5.83. The van der Waals surface area contributed by atoms with Crippen LogP contribution in [0.15, 0.2) is 6.33 Å². The quantitative estimate of drug-likeness (QED) is 0.749. The fourth-order valence-corrected chi connectivity index (χ4v) is 2.10. The van der Waals surface area contributed by atoms with Crippen molar-refractivity contribution in [2.75, 3.05) is 23.7 Å². The first-order valence-electron chi connectivity index (χ1n) is 5.45. The molecule has 0 radical (unpaired) electrons. The third-order valence-corrected chi connectivity index (χ3v) is 3.11. The van der Waals surface area contributed by atoms with Gasteiger partial charge in [-0.25, -0.2) is 9.97 Å². The lowest BCUT2D eigenvalue weighted by Gasteiger charge is -2.35. The van der Waals surface area contributed by atoms with E-state index in [1.807, 2.05) is 11.8 Å². The van der Waals surface area contributed by atoms with Gasteiger partial charge in [-0.3, -0.25) is 4.79 Å². The molecule has 1 aliphatic heterocycles. The second-order valence-electron chi connectivity index (χ2n) is 3.81. The summed E-state index contributed by atoms with van der Waals surface area (Å²) in [4.78, 5) is 21.5. The number of amides is 1. The van der Waals surface area contributed by atoms with E-state index in [1.165, 1.54) is 6.33 Å². The van der Waals surface area contributed by atoms with Crippen LogP contribution in [0.25, 0.3) is 0 Å². The lowest BCUT2D eigenvalue weighted by molar-refractivity contribution is -0.123. The van der Waals surface area contributed by atoms with Crippen molar-refractivity contribution in [3.05, 3.63) is 11.5 Å². The topological polar surface area (TPSA) is 84.1 Å². The third-order valence-electron chi connectivity index (χ3n) is 2.80. The number of carbonyl (C=O) groups is 1. The van der Waals surface area contributed by atoms with E-state index >= 15 is 0 Å². The van der Waals surface area contributed by atoms with Gasteiger partial charge in [0.1, 0.15) is 18.1 Å². The van der Waals surface area contributed by atoms with Gasteiger partial charge in [-0.1, -0.05) is 18.5 Å². The molecule has 2 rings (SSSR count). The van der Waals surface area contributed by atoms with E-state index in [1.54, 1.807) is 0 Å². The molecule has 1 amide bonds. The molecule has 0 aliphatic carbocycles. The number of anilines is 2. The predicted octanol–water partition coefficient (Wildman–Crippen LogP) is 0.427. The molecule has 1 fully saturated rings. The summed E-state index contributed by atoms with van der Waals surface area (Å²) < 4.78 is 0. The summed E-state index contributed by atoms with van der Waals surface area (Å²) >= 11 is 5.86. The molecule has 3 N–H and O–H groups in total. The molecule has 0 bridgehead atoms. The van der Waals surface area contributed by atoms with Crippen molar-refractivity contribution >= 4 is 29.0 Å². The van der Waals surface area contributed by atoms with Crippen molar-refractivity contribution in [2.45, 2.75) is 19.4 Å². The Morgan fingerprint density at radius 1 is 1.65 bits per heavy atom. The molecule has 1 saturated heterocycles. The van der Waals surface area contributed by atoms with Gasteiger partial charge in [0.2, 0.25) is 5.91 Å². The molecule has 1 aromatic rings. The summed E-state index contributed by atoms with van der Waals surface area (Å²) in [5.74, 6) is 0.527. The number of piperazine rings is 1. The van der Waals surface area contributed by atoms with Crippen LogP contribution in [0, 0.1) is 0 Å². The minimum absolute atomic E-state index is 0.00659. The zero-order valence-electron chi connectivity index (χ0n) is 9.48. The normalized spacial score (nSPS) is 20.2. The van der Waals surface area contributed by atoms with Gasteiger partial charge >= 0.3 is 0 Å². The molecule has 1 aliphatic rings. The SMILES string of the molecule is CCC1C(=O)NCCN1c1ncnc(Cl)c1N. The van der Waals surface area contributed by atoms with Gasteiger partial charge in [-0.15, -0.1) is 0 Å². The van der Waals surface area contributed by atoms with E-state index < -0.39 is 0 Å². The highest BCUT2D eigenvalue weighted by atomic mass is 35.5. The number of hydrogen-bond donors (Lipinski definition) is 2. The van der Waals surface area contributed by atoms with E-state index in [2.05, 4.69) is 15.3 Å². The Labute approximate surface area is 104 Å². The molecule has 0 saturated carbocycles. The molecule has 1 unspecified atom stereocenters. The van der Waals surface area contributed by atoms with Crippen molar-refractivity contribution in [3.63, 3.8) is 0 Å². The highest BCUT2D eigenvalue weighted by Gasteiger charge is 2.30. The van der Waals surface area contributed by atoms with Crippen LogP contribution in [0.4, 0.5) is 11.5 Å². The molecule has 0 spiro atoms. The van der Waals surface area contributed by atoms with E-state index in [0.717, 1.165) is 0 Å². The van der Waals surface area contributed by atoms with Crippen LogP contribution in [0.5, 0.6) is 0 Å². The van der Waals surface area contributed by atoms with Crippen molar-refractivity contribution < 1.29 is 4.79 Å². The van der Waals surface area contributed by atoms with Gasteiger partial charge < -0.3 is 16.0 Å². The lowest BCUT2D eigenvalue weighted by Crippen LogP contribution is -2.55. The monoisotopic (exact) mass is 255 g/mol. The molecular formula is C10H14ClN5O. The molecule has 6 nitrogen and oxygen atoms in total. The van der Waals surface area contributed by atoms with Gasteiger partial charge in [-0.2, -0.15) is 0 Å². The maximum Gasteiger partial charge on any atom is 0.242 e. The number of rotatable bonds is 2. The van der Waals surface area contributed by atoms with Crippen LogP contribution in [0.2, 0.25) is 5.15 Å². The molecule has 92 valence electrons. The second kappa shape index (κ2) is 4.75. The molecule has 7 heteroatoms. The number of nitrogens with zero attached hydrogens (tertiary/aromatic N) is 3. The van der Waals surface area contributed by atoms with Crippen molar-refractivity contribution in [1.29, 1.82) is 0 Å². The molecular weight excluding hydrogens is 242 g/mol. The minimum Gasteiger partial charge on any atom is -0.393 e. The largest absolute Gasteiger partial charge is 0.393 e. The first-order chi connectivity index (χ1) is 8.15. The number of nitrogens with two attached hydrogens (primary N) is 1. The second-order valence-corrected chi connectivity index (χ2v) is 4.17. The summed E-state index contributed by atoms with van der Waals surface area (Å²) in [5.41, 5.74) is 6.17. The van der Waals surface area contributed by atoms with E-state index in [-0.39, 0.29) is 17.1 Å². The van der Waals surface area contributed by atoms with Gasteiger partial charge in [0.15, 0.2) is 11.0 Å². The fraction of sp³-hybridized carbons (Fsp3) is 0.500. The van der Waals surface area contributed by atoms with Crippen molar-refractivity contribution in [3.8, 4) is 0 Å². The van der Waals surface area contributed by atoms with Crippen molar-refractivity contribution in [2.24, 2.45) is 0 Å². The number of carbonyl (C=O) groups excluding carboxylic acids is 1. The van der Waals surface area contributed by atoms with Crippen LogP contribution in [-0.2, 0) is 4.79 Å². The number of halogens is 1.